The van der Waals surface area contributed by atoms with Gasteiger partial charge in [-0.3, -0.25) is 0 Å². The van der Waals surface area contributed by atoms with Gasteiger partial charge in [-0.1, -0.05) is 25.8 Å². The molecule has 2 fully saturated rings. The van der Waals surface area contributed by atoms with E-state index in [1.54, 1.807) is 6.07 Å². The van der Waals surface area contributed by atoms with Crippen LogP contribution in [0.5, 0.6) is 0 Å². The number of benzene rings is 1. The first-order chi connectivity index (χ1) is 12.7. The van der Waals surface area contributed by atoms with E-state index in [0.717, 1.165) is 51.4 Å². The standard InChI is InChI=1S/C20H32FN5/c1-2-24-11-13-25(14-12-24)19-8-7-17(15-18(19)21)16-23-20(22)26-9-5-3-4-6-10-26/h7-8,15H,2-6,9-14,16H2,1H3,(H2,22,23). The maximum Gasteiger partial charge on any atom is 0.191 e. The molecule has 6 heteroatoms. The van der Waals surface area contributed by atoms with Crippen LogP contribution in [-0.2, 0) is 6.54 Å². The summed E-state index contributed by atoms with van der Waals surface area (Å²) in [4.78, 5) is 11.2. The van der Waals surface area contributed by atoms with Crippen LogP contribution in [0.15, 0.2) is 23.2 Å². The highest BCUT2D eigenvalue weighted by atomic mass is 19.1. The summed E-state index contributed by atoms with van der Waals surface area (Å²) in [7, 11) is 0. The predicted octanol–water partition coefficient (Wildman–Crippen LogP) is 2.66. The molecule has 1 aromatic rings. The number of aliphatic imine (C=N–C) groups is 1. The van der Waals surface area contributed by atoms with Gasteiger partial charge in [0.05, 0.1) is 12.2 Å². The zero-order chi connectivity index (χ0) is 18.4. The molecule has 0 aromatic heterocycles. The van der Waals surface area contributed by atoms with Crippen LogP contribution < -0.4 is 10.6 Å². The van der Waals surface area contributed by atoms with Crippen molar-refractivity contribution in [3.63, 3.8) is 0 Å². The molecule has 0 radical (unpaired) electrons. The predicted molar refractivity (Wildman–Crippen MR) is 106 cm³/mol. The summed E-state index contributed by atoms with van der Waals surface area (Å²) >= 11 is 0. The van der Waals surface area contributed by atoms with Crippen molar-refractivity contribution in [2.75, 3.05) is 50.7 Å². The maximum atomic E-state index is 14.6. The van der Waals surface area contributed by atoms with E-state index in [1.165, 1.54) is 25.7 Å². The second kappa shape index (κ2) is 9.21. The number of piperazine rings is 1. The van der Waals surface area contributed by atoms with Gasteiger partial charge in [-0.2, -0.15) is 0 Å². The number of likely N-dealkylation sites (N-methyl/N-ethyl adjacent to an activating group) is 1. The van der Waals surface area contributed by atoms with Crippen LogP contribution in [0.1, 0.15) is 38.2 Å². The molecule has 26 heavy (non-hydrogen) atoms. The highest BCUT2D eigenvalue weighted by Gasteiger charge is 2.18. The third-order valence-electron chi connectivity index (χ3n) is 5.53. The van der Waals surface area contributed by atoms with Crippen molar-refractivity contribution in [2.45, 2.75) is 39.2 Å². The largest absolute Gasteiger partial charge is 0.370 e. The number of nitrogens with zero attached hydrogens (tertiary/aromatic N) is 4. The molecule has 0 bridgehead atoms. The molecule has 5 nitrogen and oxygen atoms in total. The van der Waals surface area contributed by atoms with Gasteiger partial charge in [-0.25, -0.2) is 9.38 Å². The van der Waals surface area contributed by atoms with Crippen LogP contribution >= 0.6 is 0 Å². The average Bonchev–Trinajstić information content (AvgIpc) is 2.96. The lowest BCUT2D eigenvalue weighted by molar-refractivity contribution is 0.270. The Labute approximate surface area is 156 Å². The minimum Gasteiger partial charge on any atom is -0.370 e. The Kier molecular flexibility index (Phi) is 6.72. The van der Waals surface area contributed by atoms with Crippen LogP contribution in [0, 0.1) is 5.82 Å². The second-order valence-electron chi connectivity index (χ2n) is 7.28. The zero-order valence-corrected chi connectivity index (χ0v) is 16.0. The highest BCUT2D eigenvalue weighted by molar-refractivity contribution is 5.78. The van der Waals surface area contributed by atoms with Crippen molar-refractivity contribution in [3.05, 3.63) is 29.6 Å². The monoisotopic (exact) mass is 361 g/mol. The second-order valence-corrected chi connectivity index (χ2v) is 7.28. The highest BCUT2D eigenvalue weighted by Crippen LogP contribution is 2.22. The summed E-state index contributed by atoms with van der Waals surface area (Å²) in [5.41, 5.74) is 7.72. The minimum absolute atomic E-state index is 0.156. The molecular formula is C20H32FN5. The number of guanidine groups is 1. The summed E-state index contributed by atoms with van der Waals surface area (Å²) < 4.78 is 14.6. The first-order valence-corrected chi connectivity index (χ1v) is 9.98. The molecule has 0 amide bonds. The van der Waals surface area contributed by atoms with Gasteiger partial charge in [0.2, 0.25) is 0 Å². The van der Waals surface area contributed by atoms with Gasteiger partial charge in [0.25, 0.3) is 0 Å². The Balaban J connectivity index is 1.59. The Morgan fingerprint density at radius 1 is 1.04 bits per heavy atom. The van der Waals surface area contributed by atoms with E-state index in [2.05, 4.69) is 26.6 Å². The van der Waals surface area contributed by atoms with Crippen LogP contribution in [0.2, 0.25) is 0 Å². The third kappa shape index (κ3) is 4.87. The fourth-order valence-corrected chi connectivity index (χ4v) is 3.78. The SMILES string of the molecule is CCN1CCN(c2ccc(CN=C(N)N3CCCCCC3)cc2F)CC1. The van der Waals surface area contributed by atoms with Gasteiger partial charge in [0.1, 0.15) is 5.82 Å². The van der Waals surface area contributed by atoms with E-state index in [4.69, 9.17) is 5.73 Å². The molecule has 0 spiro atoms. The molecule has 2 N–H and O–H groups in total. The zero-order valence-electron chi connectivity index (χ0n) is 16.0. The number of halogens is 1. The van der Waals surface area contributed by atoms with Crippen molar-refractivity contribution in [1.82, 2.24) is 9.80 Å². The van der Waals surface area contributed by atoms with E-state index >= 15 is 0 Å². The van der Waals surface area contributed by atoms with Gasteiger partial charge in [0, 0.05) is 39.3 Å². The number of likely N-dealkylation sites (tertiary alicyclic amines) is 1. The van der Waals surface area contributed by atoms with Gasteiger partial charge < -0.3 is 20.4 Å². The summed E-state index contributed by atoms with van der Waals surface area (Å²) in [6.45, 7) is 9.37. The Morgan fingerprint density at radius 3 is 2.35 bits per heavy atom. The van der Waals surface area contributed by atoms with E-state index in [1.807, 2.05) is 12.1 Å². The van der Waals surface area contributed by atoms with Gasteiger partial charge in [-0.05, 0) is 37.1 Å². The molecule has 2 heterocycles. The van der Waals surface area contributed by atoms with Crippen molar-refractivity contribution < 1.29 is 4.39 Å². The molecule has 2 aliphatic heterocycles. The lowest BCUT2D eigenvalue weighted by atomic mass is 10.1. The molecule has 0 atom stereocenters. The lowest BCUT2D eigenvalue weighted by Gasteiger charge is -2.35. The topological polar surface area (TPSA) is 48.1 Å². The molecular weight excluding hydrogens is 329 g/mol. The van der Waals surface area contributed by atoms with Gasteiger partial charge in [-0.15, -0.1) is 0 Å². The van der Waals surface area contributed by atoms with Gasteiger partial charge >= 0.3 is 0 Å². The summed E-state index contributed by atoms with van der Waals surface area (Å²) in [6.07, 6.45) is 4.88. The molecule has 144 valence electrons. The molecule has 3 rings (SSSR count). The molecule has 0 saturated carbocycles. The summed E-state index contributed by atoms with van der Waals surface area (Å²) in [5, 5.41) is 0. The van der Waals surface area contributed by atoms with Gasteiger partial charge in [0.15, 0.2) is 5.96 Å². The number of hydrogen-bond acceptors (Lipinski definition) is 3. The minimum atomic E-state index is -0.156. The summed E-state index contributed by atoms with van der Waals surface area (Å²) in [6, 6.07) is 5.48. The van der Waals surface area contributed by atoms with Crippen molar-refractivity contribution in [2.24, 2.45) is 10.7 Å². The molecule has 0 aliphatic carbocycles. The van der Waals surface area contributed by atoms with E-state index in [-0.39, 0.29) is 5.82 Å². The van der Waals surface area contributed by atoms with E-state index in [0.29, 0.717) is 18.2 Å². The Bertz CT molecular complexity index is 602. The first kappa shape index (κ1) is 19.0. The summed E-state index contributed by atoms with van der Waals surface area (Å²) in [5.74, 6) is 0.433. The molecule has 1 aromatic carbocycles. The van der Waals surface area contributed by atoms with Crippen LogP contribution in [-0.4, -0.2) is 61.6 Å². The average molecular weight is 362 g/mol. The molecule has 2 aliphatic rings. The fraction of sp³-hybridized carbons (Fsp3) is 0.650. The third-order valence-corrected chi connectivity index (χ3v) is 5.53. The van der Waals surface area contributed by atoms with Crippen LogP contribution in [0.3, 0.4) is 0 Å². The Morgan fingerprint density at radius 2 is 1.73 bits per heavy atom. The Hall–Kier alpha value is -1.82. The number of rotatable bonds is 4. The first-order valence-electron chi connectivity index (χ1n) is 9.98. The number of hydrogen-bond donors (Lipinski definition) is 1. The maximum absolute atomic E-state index is 14.6. The normalized spacial score (nSPS) is 20.3. The van der Waals surface area contributed by atoms with Crippen molar-refractivity contribution in [3.8, 4) is 0 Å². The van der Waals surface area contributed by atoms with E-state index in [9.17, 15) is 4.39 Å². The van der Waals surface area contributed by atoms with Crippen molar-refractivity contribution >= 4 is 11.6 Å². The molecule has 2 saturated heterocycles. The number of nitrogens with two attached hydrogens (primary N) is 1. The molecule has 0 unspecified atom stereocenters. The lowest BCUT2D eigenvalue weighted by Crippen LogP contribution is -2.46. The smallest absolute Gasteiger partial charge is 0.191 e. The van der Waals surface area contributed by atoms with Crippen LogP contribution in [0.4, 0.5) is 10.1 Å². The van der Waals surface area contributed by atoms with Crippen molar-refractivity contribution in [1.29, 1.82) is 0 Å². The quantitative estimate of drug-likeness (QED) is 0.662. The fourth-order valence-electron chi connectivity index (χ4n) is 3.78. The van der Waals surface area contributed by atoms with E-state index < -0.39 is 0 Å². The van der Waals surface area contributed by atoms with Crippen LogP contribution in [0.25, 0.3) is 0 Å². The number of anilines is 1.